The Morgan fingerprint density at radius 3 is 2.12 bits per heavy atom. The van der Waals surface area contributed by atoms with E-state index >= 15 is 0 Å². The maximum atomic E-state index is 11.7. The summed E-state index contributed by atoms with van der Waals surface area (Å²) in [5.74, 6) is 1.59. The number of aryl methyl sites for hydroxylation is 1. The van der Waals surface area contributed by atoms with Crippen molar-refractivity contribution in [3.63, 3.8) is 0 Å². The molecule has 0 radical (unpaired) electrons. The first-order chi connectivity index (χ1) is 15.6. The molecule has 3 N–H and O–H groups in total. The summed E-state index contributed by atoms with van der Waals surface area (Å²) < 4.78 is 0. The van der Waals surface area contributed by atoms with Gasteiger partial charge < -0.3 is 15.4 Å². The van der Waals surface area contributed by atoms with E-state index in [1.807, 2.05) is 44.9 Å². The molecule has 4 nitrogen and oxygen atoms in total. The number of hydrogen-bond acceptors (Lipinski definition) is 3. The molecule has 0 aliphatic heterocycles. The summed E-state index contributed by atoms with van der Waals surface area (Å²) in [6.07, 6.45) is 10.8. The number of fused-ring (bicyclic) bond motifs is 3. The molecular formula is C30H48O4. The molecule has 5 atom stereocenters. The minimum Gasteiger partial charge on any atom is -0.412 e. The number of hydrogen-bond donors (Lipinski definition) is 1. The topological polar surface area (TPSA) is 85.9 Å². The van der Waals surface area contributed by atoms with E-state index < -0.39 is 0 Å². The summed E-state index contributed by atoms with van der Waals surface area (Å²) in [7, 11) is 0. The number of carbonyl (C=O) groups excluding carboxylic acids is 2. The Balaban J connectivity index is 0.000000766. The number of ketones is 1. The molecule has 0 saturated heterocycles. The summed E-state index contributed by atoms with van der Waals surface area (Å²) in [5.41, 5.74) is 2.61. The highest BCUT2D eigenvalue weighted by atomic mass is 16.3. The largest absolute Gasteiger partial charge is 0.412 e. The fourth-order valence-corrected chi connectivity index (χ4v) is 5.71. The Labute approximate surface area is 207 Å². The lowest BCUT2D eigenvalue weighted by Crippen LogP contribution is -2.48. The van der Waals surface area contributed by atoms with E-state index in [0.717, 1.165) is 19.3 Å². The van der Waals surface area contributed by atoms with Gasteiger partial charge >= 0.3 is 0 Å². The summed E-state index contributed by atoms with van der Waals surface area (Å²) in [6, 6.07) is 10.3. The molecule has 3 aliphatic rings. The molecule has 5 unspecified atom stereocenters. The van der Waals surface area contributed by atoms with Crippen LogP contribution in [0.3, 0.4) is 0 Å². The van der Waals surface area contributed by atoms with Crippen molar-refractivity contribution >= 4 is 12.6 Å². The van der Waals surface area contributed by atoms with Crippen molar-refractivity contribution in [2.75, 3.05) is 0 Å². The molecule has 1 aromatic rings. The van der Waals surface area contributed by atoms with Crippen molar-refractivity contribution in [2.45, 2.75) is 86.7 Å². The van der Waals surface area contributed by atoms with Crippen LogP contribution in [0.15, 0.2) is 54.1 Å². The molecular weight excluding hydrogens is 424 g/mol. The minimum atomic E-state index is -0.283. The van der Waals surface area contributed by atoms with Gasteiger partial charge in [-0.1, -0.05) is 89.1 Å². The molecule has 0 spiro atoms. The maximum Gasteiger partial charge on any atom is 0.178 e. The van der Waals surface area contributed by atoms with Crippen LogP contribution in [0, 0.1) is 35.5 Å². The fraction of sp³-hybridized carbons (Fsp3) is 0.600. The van der Waals surface area contributed by atoms with Crippen LogP contribution in [0.1, 0.15) is 79.2 Å². The summed E-state index contributed by atoms with van der Waals surface area (Å²) in [6.45, 7) is 17.2. The monoisotopic (exact) mass is 472 g/mol. The van der Waals surface area contributed by atoms with E-state index in [1.54, 1.807) is 6.08 Å². The highest BCUT2D eigenvalue weighted by molar-refractivity contribution is 6.01. The number of benzene rings is 1. The molecule has 34 heavy (non-hydrogen) atoms. The van der Waals surface area contributed by atoms with Gasteiger partial charge in [-0.25, -0.2) is 0 Å². The third kappa shape index (κ3) is 7.74. The summed E-state index contributed by atoms with van der Waals surface area (Å²) in [4.78, 5) is 19.7. The highest BCUT2D eigenvalue weighted by Gasteiger charge is 2.50. The number of rotatable bonds is 0. The third-order valence-corrected chi connectivity index (χ3v) is 7.98. The van der Waals surface area contributed by atoms with Crippen molar-refractivity contribution in [1.82, 2.24) is 0 Å². The third-order valence-electron chi connectivity index (χ3n) is 7.98. The standard InChI is InChI=1S/C20H30O2.C7H8.C2H6.CH2O.H2O/c1-13-5-6-14-7-8-15-11-16(21)9-10-20(15,4)18(14)17(22)12-19(13,2)3;1-7-5-3-2-4-6-7;2*1-2;/h9-11,13-14,17-18,22H,5-8,12H2,1-4H3;2-6H,1H3;1-2H3;1H2;1H2. The Morgan fingerprint density at radius 2 is 1.59 bits per heavy atom. The number of allylic oxidation sites excluding steroid dienone is 4. The molecule has 0 bridgehead atoms. The van der Waals surface area contributed by atoms with E-state index in [2.05, 4.69) is 52.8 Å². The second-order valence-electron chi connectivity index (χ2n) is 10.4. The Kier molecular flexibility index (Phi) is 13.5. The van der Waals surface area contributed by atoms with Gasteiger partial charge in [0.15, 0.2) is 5.78 Å². The molecule has 3 aliphatic carbocycles. The molecule has 2 fully saturated rings. The number of aliphatic hydroxyl groups is 1. The average molecular weight is 473 g/mol. The van der Waals surface area contributed by atoms with Crippen LogP contribution in [-0.4, -0.2) is 29.3 Å². The van der Waals surface area contributed by atoms with E-state index in [4.69, 9.17) is 4.79 Å². The number of carbonyl (C=O) groups is 2. The molecule has 0 heterocycles. The second-order valence-corrected chi connectivity index (χ2v) is 10.4. The van der Waals surface area contributed by atoms with Gasteiger partial charge in [0.2, 0.25) is 0 Å². The van der Waals surface area contributed by atoms with Crippen molar-refractivity contribution in [3.8, 4) is 0 Å². The SMILES string of the molecule is C=O.CC.CC1CCC2CCC3=CC(=O)C=CC3(C)C2C(O)CC1(C)C.Cc1ccccc1.O. The molecule has 1 aromatic carbocycles. The number of aliphatic hydroxyl groups excluding tert-OH is 1. The van der Waals surface area contributed by atoms with Gasteiger partial charge in [0.05, 0.1) is 6.10 Å². The zero-order chi connectivity index (χ0) is 25.2. The first-order valence-electron chi connectivity index (χ1n) is 12.6. The Hall–Kier alpha value is -2.04. The van der Waals surface area contributed by atoms with Gasteiger partial charge in [0.1, 0.15) is 6.79 Å². The summed E-state index contributed by atoms with van der Waals surface area (Å²) >= 11 is 0. The first-order valence-corrected chi connectivity index (χ1v) is 12.6. The van der Waals surface area contributed by atoms with Crippen molar-refractivity contribution < 1.29 is 20.2 Å². The average Bonchev–Trinajstić information content (AvgIpc) is 2.80. The van der Waals surface area contributed by atoms with Gasteiger partial charge in [0.25, 0.3) is 0 Å². The molecule has 2 saturated carbocycles. The minimum absolute atomic E-state index is 0. The molecule has 0 amide bonds. The molecule has 4 rings (SSSR count). The quantitative estimate of drug-likeness (QED) is 0.480. The van der Waals surface area contributed by atoms with Gasteiger partial charge in [-0.05, 0) is 68.4 Å². The zero-order valence-electron chi connectivity index (χ0n) is 22.4. The smallest absolute Gasteiger partial charge is 0.178 e. The van der Waals surface area contributed by atoms with Crippen LogP contribution in [0.5, 0.6) is 0 Å². The van der Waals surface area contributed by atoms with Crippen LogP contribution < -0.4 is 0 Å². The van der Waals surface area contributed by atoms with E-state index in [0.29, 0.717) is 11.8 Å². The second kappa shape index (κ2) is 14.4. The van der Waals surface area contributed by atoms with E-state index in [1.165, 1.54) is 24.0 Å². The fourth-order valence-electron chi connectivity index (χ4n) is 5.71. The molecule has 4 heteroatoms. The Bertz CT molecular complexity index is 795. The van der Waals surface area contributed by atoms with E-state index in [9.17, 15) is 9.90 Å². The van der Waals surface area contributed by atoms with Gasteiger partial charge in [-0.2, -0.15) is 0 Å². The van der Waals surface area contributed by atoms with Gasteiger partial charge in [0, 0.05) is 11.3 Å². The lowest BCUT2D eigenvalue weighted by Gasteiger charge is -2.52. The first kappa shape index (κ1) is 32.0. The lowest BCUT2D eigenvalue weighted by atomic mass is 9.53. The van der Waals surface area contributed by atoms with Crippen LogP contribution in [-0.2, 0) is 9.59 Å². The van der Waals surface area contributed by atoms with Crippen molar-refractivity contribution in [2.24, 2.45) is 28.6 Å². The van der Waals surface area contributed by atoms with Crippen LogP contribution in [0.25, 0.3) is 0 Å². The van der Waals surface area contributed by atoms with Gasteiger partial charge in [-0.3, -0.25) is 4.79 Å². The van der Waals surface area contributed by atoms with Crippen molar-refractivity contribution in [3.05, 3.63) is 59.7 Å². The van der Waals surface area contributed by atoms with Gasteiger partial charge in [-0.15, -0.1) is 0 Å². The van der Waals surface area contributed by atoms with Crippen LogP contribution >= 0.6 is 0 Å². The Morgan fingerprint density at radius 1 is 1.00 bits per heavy atom. The maximum absolute atomic E-state index is 11.7. The highest BCUT2D eigenvalue weighted by Crippen LogP contribution is 2.56. The summed E-state index contributed by atoms with van der Waals surface area (Å²) in [5, 5.41) is 11.1. The molecule has 192 valence electrons. The van der Waals surface area contributed by atoms with Crippen LogP contribution in [0.4, 0.5) is 0 Å². The zero-order valence-corrected chi connectivity index (χ0v) is 22.4. The van der Waals surface area contributed by atoms with E-state index in [-0.39, 0.29) is 34.1 Å². The van der Waals surface area contributed by atoms with Crippen molar-refractivity contribution in [1.29, 1.82) is 0 Å². The van der Waals surface area contributed by atoms with Crippen LogP contribution in [0.2, 0.25) is 0 Å². The normalized spacial score (nSPS) is 30.8. The lowest BCUT2D eigenvalue weighted by molar-refractivity contribution is -0.111. The predicted octanol–water partition coefficient (Wildman–Crippen LogP) is 6.30. The molecule has 0 aromatic heterocycles. The predicted molar refractivity (Wildman–Crippen MR) is 143 cm³/mol.